The molecule has 6 heteroatoms. The lowest BCUT2D eigenvalue weighted by molar-refractivity contribution is -0.145. The van der Waals surface area contributed by atoms with Crippen molar-refractivity contribution in [3.63, 3.8) is 0 Å². The van der Waals surface area contributed by atoms with Crippen molar-refractivity contribution in [3.05, 3.63) is 29.8 Å². The number of carbonyl (C=O) groups excluding carboxylic acids is 1. The summed E-state index contributed by atoms with van der Waals surface area (Å²) >= 11 is 0. The van der Waals surface area contributed by atoms with Crippen molar-refractivity contribution in [2.24, 2.45) is 17.8 Å². The molecule has 3 rings (SSSR count). The van der Waals surface area contributed by atoms with Crippen molar-refractivity contribution in [1.29, 1.82) is 0 Å². The van der Waals surface area contributed by atoms with E-state index in [1.807, 2.05) is 4.90 Å². The van der Waals surface area contributed by atoms with E-state index in [1.165, 1.54) is 25.7 Å². The Balaban J connectivity index is 1.55. The Bertz CT molecular complexity index is 634. The van der Waals surface area contributed by atoms with E-state index in [-0.39, 0.29) is 18.9 Å². The van der Waals surface area contributed by atoms with Gasteiger partial charge in [0.25, 0.3) is 0 Å². The summed E-state index contributed by atoms with van der Waals surface area (Å²) in [7, 11) is 0. The van der Waals surface area contributed by atoms with Gasteiger partial charge in [-0.3, -0.25) is 9.59 Å². The Hall–Kier alpha value is -2.11. The van der Waals surface area contributed by atoms with Gasteiger partial charge in [-0.25, -0.2) is 4.39 Å². The summed E-state index contributed by atoms with van der Waals surface area (Å²) in [4.78, 5) is 26.2. The average molecular weight is 376 g/mol. The van der Waals surface area contributed by atoms with Gasteiger partial charge in [-0.1, -0.05) is 25.0 Å². The normalized spacial score (nSPS) is 22.9. The van der Waals surface area contributed by atoms with Gasteiger partial charge in [0, 0.05) is 19.5 Å². The highest BCUT2D eigenvalue weighted by Crippen LogP contribution is 2.36. The maximum absolute atomic E-state index is 12.7. The maximum Gasteiger partial charge on any atom is 0.307 e. The van der Waals surface area contributed by atoms with Crippen molar-refractivity contribution in [1.82, 2.24) is 4.90 Å². The van der Waals surface area contributed by atoms with Gasteiger partial charge in [-0.2, -0.15) is 0 Å². The number of amides is 1. The zero-order valence-electron chi connectivity index (χ0n) is 15.6. The second-order valence-electron chi connectivity index (χ2n) is 7.73. The lowest BCUT2D eigenvalue weighted by Crippen LogP contribution is -2.33. The number of rotatable bonds is 8. The number of ether oxygens (including phenoxy) is 1. The minimum atomic E-state index is -0.947. The summed E-state index contributed by atoms with van der Waals surface area (Å²) in [5, 5.41) is 9.57. The Morgan fingerprint density at radius 2 is 1.78 bits per heavy atom. The first-order valence-corrected chi connectivity index (χ1v) is 9.85. The number of carboxylic acid groups (broad SMARTS) is 1. The van der Waals surface area contributed by atoms with Crippen LogP contribution in [0.1, 0.15) is 37.7 Å². The Morgan fingerprint density at radius 3 is 2.33 bits per heavy atom. The fraction of sp³-hybridized carbons (Fsp3) is 0.619. The number of fused-ring (bicyclic) bond motifs is 1. The van der Waals surface area contributed by atoms with Crippen molar-refractivity contribution >= 4 is 11.9 Å². The van der Waals surface area contributed by atoms with Crippen LogP contribution in [0.4, 0.5) is 4.39 Å². The third kappa shape index (κ3) is 5.21. The molecular weight excluding hydrogens is 348 g/mol. The second kappa shape index (κ2) is 9.20. The first-order chi connectivity index (χ1) is 13.1. The molecular formula is C21H28FNO4. The average Bonchev–Trinajstić information content (AvgIpc) is 3.11. The maximum atomic E-state index is 12.7. The number of alkyl halides is 1. The number of likely N-dealkylation sites (tertiary alicyclic amines) is 1. The highest BCUT2D eigenvalue weighted by atomic mass is 18.2. The van der Waals surface area contributed by atoms with Gasteiger partial charge >= 0.3 is 5.97 Å². The van der Waals surface area contributed by atoms with E-state index >= 15 is 0 Å². The van der Waals surface area contributed by atoms with E-state index in [0.717, 1.165) is 18.7 Å². The molecule has 1 aromatic carbocycles. The molecule has 3 atom stereocenters. The van der Waals surface area contributed by atoms with Crippen molar-refractivity contribution in [3.8, 4) is 5.75 Å². The number of aliphatic carboxylic acids is 1. The van der Waals surface area contributed by atoms with E-state index < -0.39 is 18.6 Å². The summed E-state index contributed by atoms with van der Waals surface area (Å²) in [5.74, 6) is 0.0277. The lowest BCUT2D eigenvalue weighted by Gasteiger charge is -2.22. The van der Waals surface area contributed by atoms with Crippen LogP contribution in [-0.4, -0.2) is 48.3 Å². The number of benzene rings is 1. The van der Waals surface area contributed by atoms with Gasteiger partial charge < -0.3 is 14.7 Å². The molecule has 1 heterocycles. The SMILES string of the molecule is O=C(O)C(CC(=O)N1C[C@H]2CCCC[C@H]2C1)Cc1ccc(OCC[18F])cc1. The summed E-state index contributed by atoms with van der Waals surface area (Å²) in [6.07, 6.45) is 5.19. The molecule has 0 bridgehead atoms. The number of carbonyl (C=O) groups is 2. The second-order valence-corrected chi connectivity index (χ2v) is 7.73. The van der Waals surface area contributed by atoms with Gasteiger partial charge in [0.1, 0.15) is 19.0 Å². The van der Waals surface area contributed by atoms with E-state index in [1.54, 1.807) is 24.3 Å². The summed E-state index contributed by atoms with van der Waals surface area (Å²) in [6, 6.07) is 6.96. The van der Waals surface area contributed by atoms with Crippen LogP contribution in [0.2, 0.25) is 0 Å². The lowest BCUT2D eigenvalue weighted by atomic mass is 9.82. The molecule has 1 amide bonds. The molecule has 5 nitrogen and oxygen atoms in total. The molecule has 0 spiro atoms. The third-order valence-corrected chi connectivity index (χ3v) is 5.85. The van der Waals surface area contributed by atoms with Crippen LogP contribution in [-0.2, 0) is 16.0 Å². The van der Waals surface area contributed by atoms with Crippen LogP contribution in [0, 0.1) is 17.8 Å². The Morgan fingerprint density at radius 1 is 1.15 bits per heavy atom. The molecule has 1 aliphatic carbocycles. The van der Waals surface area contributed by atoms with Crippen LogP contribution >= 0.6 is 0 Å². The molecule has 0 aromatic heterocycles. The number of carboxylic acids is 1. The van der Waals surface area contributed by atoms with Gasteiger partial charge in [0.2, 0.25) is 5.91 Å². The molecule has 1 N–H and O–H groups in total. The first kappa shape index (κ1) is 19.6. The number of hydrogen-bond donors (Lipinski definition) is 1. The fourth-order valence-corrected chi connectivity index (χ4v) is 4.36. The molecule has 1 saturated heterocycles. The minimum Gasteiger partial charge on any atom is -0.491 e. The highest BCUT2D eigenvalue weighted by Gasteiger charge is 2.37. The fourth-order valence-electron chi connectivity index (χ4n) is 4.36. The van der Waals surface area contributed by atoms with Crippen molar-refractivity contribution < 1.29 is 23.8 Å². The van der Waals surface area contributed by atoms with E-state index in [2.05, 4.69) is 0 Å². The molecule has 148 valence electrons. The zero-order valence-corrected chi connectivity index (χ0v) is 15.6. The molecule has 1 aromatic rings. The van der Waals surface area contributed by atoms with Gasteiger partial charge in [-0.05, 0) is 48.8 Å². The van der Waals surface area contributed by atoms with Crippen molar-refractivity contribution in [2.45, 2.75) is 38.5 Å². The highest BCUT2D eigenvalue weighted by molar-refractivity contribution is 5.82. The number of hydrogen-bond acceptors (Lipinski definition) is 3. The quantitative estimate of drug-likeness (QED) is 0.756. The Labute approximate surface area is 159 Å². The molecule has 2 fully saturated rings. The predicted octanol–water partition coefficient (Wildman–Crippen LogP) is 3.32. The molecule has 0 radical (unpaired) electrons. The van der Waals surface area contributed by atoms with E-state index in [0.29, 0.717) is 24.0 Å². The van der Waals surface area contributed by atoms with Crippen molar-refractivity contribution in [2.75, 3.05) is 26.4 Å². The monoisotopic (exact) mass is 376 g/mol. The van der Waals surface area contributed by atoms with Crippen LogP contribution in [0.5, 0.6) is 5.75 Å². The topological polar surface area (TPSA) is 66.8 Å². The number of nitrogens with zero attached hydrogens (tertiary/aromatic N) is 1. The predicted molar refractivity (Wildman–Crippen MR) is 99.4 cm³/mol. The largest absolute Gasteiger partial charge is 0.491 e. The van der Waals surface area contributed by atoms with E-state index in [9.17, 15) is 19.1 Å². The summed E-state index contributed by atoms with van der Waals surface area (Å²) in [6.45, 7) is 1.03. The van der Waals surface area contributed by atoms with Crippen LogP contribution in [0.25, 0.3) is 0 Å². The number of halogens is 1. The van der Waals surface area contributed by atoms with Gasteiger partial charge in [0.05, 0.1) is 5.92 Å². The van der Waals surface area contributed by atoms with Gasteiger partial charge in [-0.15, -0.1) is 0 Å². The van der Waals surface area contributed by atoms with Crippen LogP contribution in [0.15, 0.2) is 24.3 Å². The minimum absolute atomic E-state index is 0.00340. The summed E-state index contributed by atoms with van der Waals surface area (Å²) < 4.78 is 17.3. The molecule has 2 aliphatic rings. The van der Waals surface area contributed by atoms with Crippen LogP contribution < -0.4 is 4.74 Å². The summed E-state index contributed by atoms with van der Waals surface area (Å²) in [5.41, 5.74) is 0.831. The first-order valence-electron chi connectivity index (χ1n) is 9.85. The molecule has 1 saturated carbocycles. The zero-order chi connectivity index (χ0) is 19.2. The van der Waals surface area contributed by atoms with Gasteiger partial charge in [0.15, 0.2) is 0 Å². The third-order valence-electron chi connectivity index (χ3n) is 5.85. The van der Waals surface area contributed by atoms with E-state index in [4.69, 9.17) is 4.74 Å². The smallest absolute Gasteiger partial charge is 0.307 e. The van der Waals surface area contributed by atoms with Crippen LogP contribution in [0.3, 0.4) is 0 Å². The Kier molecular flexibility index (Phi) is 6.69. The molecule has 1 aliphatic heterocycles. The standard InChI is InChI=1S/C21H28FNO4/c22-9-10-27-19-7-5-15(6-8-19)11-18(21(25)26)12-20(24)23-13-16-3-1-2-4-17(16)14-23/h5-8,16-18H,1-4,9-14H2,(H,25,26)/t16-,17+,18?/i22-1. The molecule has 27 heavy (non-hydrogen) atoms. The molecule has 1 unspecified atom stereocenters.